The van der Waals surface area contributed by atoms with Gasteiger partial charge < -0.3 is 10.4 Å². The summed E-state index contributed by atoms with van der Waals surface area (Å²) in [5.74, 6) is -0.358. The first kappa shape index (κ1) is 16.6. The Morgan fingerprint density at radius 3 is 2.77 bits per heavy atom. The molecule has 0 bridgehead atoms. The Hall–Kier alpha value is -1.73. The molecule has 2 N–H and O–H groups in total. The number of aryl methyl sites for hydroxylation is 1. The van der Waals surface area contributed by atoms with Crippen LogP contribution in [-0.2, 0) is 0 Å². The van der Waals surface area contributed by atoms with Gasteiger partial charge in [0.15, 0.2) is 4.96 Å². The minimum Gasteiger partial charge on any atom is -0.391 e. The molecule has 1 unspecified atom stereocenters. The van der Waals surface area contributed by atoms with Gasteiger partial charge in [-0.15, -0.1) is 11.3 Å². The van der Waals surface area contributed by atoms with Gasteiger partial charge in [0.1, 0.15) is 5.56 Å². The number of carbonyl (C=O) groups is 1. The maximum atomic E-state index is 12.3. The molecule has 0 aliphatic heterocycles. The van der Waals surface area contributed by atoms with Gasteiger partial charge >= 0.3 is 0 Å². The van der Waals surface area contributed by atoms with E-state index in [0.717, 1.165) is 18.5 Å². The summed E-state index contributed by atoms with van der Waals surface area (Å²) in [5.41, 5.74) is 0.373. The van der Waals surface area contributed by atoms with Crippen LogP contribution >= 0.6 is 11.3 Å². The molecule has 1 amide bonds. The molecule has 0 saturated carbocycles. The summed E-state index contributed by atoms with van der Waals surface area (Å²) >= 11 is 1.36. The van der Waals surface area contributed by atoms with E-state index in [-0.39, 0.29) is 23.6 Å². The van der Waals surface area contributed by atoms with E-state index in [1.165, 1.54) is 21.9 Å². The molecular weight excluding hydrogens is 302 g/mol. The van der Waals surface area contributed by atoms with Crippen LogP contribution in [0.5, 0.6) is 0 Å². The zero-order valence-corrected chi connectivity index (χ0v) is 13.8. The maximum Gasteiger partial charge on any atom is 0.271 e. The third kappa shape index (κ3) is 3.20. The van der Waals surface area contributed by atoms with Crippen LogP contribution in [0.3, 0.4) is 0 Å². The van der Waals surface area contributed by atoms with E-state index in [2.05, 4.69) is 10.3 Å². The lowest BCUT2D eigenvalue weighted by molar-refractivity contribution is 0.0815. The summed E-state index contributed by atoms with van der Waals surface area (Å²) in [6, 6.07) is 0. The number of carbonyl (C=O) groups excluding carboxylic acids is 1. The normalized spacial score (nSPS) is 12.8. The SMILES string of the molecule is CCC(CC)C(O)CNC(=O)c1cnc2scc(C)n2c1=O. The Morgan fingerprint density at radius 2 is 2.14 bits per heavy atom. The van der Waals surface area contributed by atoms with Crippen molar-refractivity contribution in [1.82, 2.24) is 14.7 Å². The van der Waals surface area contributed by atoms with Crippen LogP contribution in [0.15, 0.2) is 16.4 Å². The summed E-state index contributed by atoms with van der Waals surface area (Å²) in [6.07, 6.45) is 2.38. The van der Waals surface area contributed by atoms with Crippen LogP contribution in [0, 0.1) is 12.8 Å². The quantitative estimate of drug-likeness (QED) is 0.845. The van der Waals surface area contributed by atoms with Crippen molar-refractivity contribution in [3.63, 3.8) is 0 Å². The zero-order chi connectivity index (χ0) is 16.3. The van der Waals surface area contributed by atoms with Gasteiger partial charge in [0, 0.05) is 23.8 Å². The topological polar surface area (TPSA) is 83.7 Å². The first-order valence-corrected chi connectivity index (χ1v) is 8.29. The van der Waals surface area contributed by atoms with Gasteiger partial charge in [-0.2, -0.15) is 0 Å². The number of hydrogen-bond acceptors (Lipinski definition) is 5. The largest absolute Gasteiger partial charge is 0.391 e. The van der Waals surface area contributed by atoms with Gasteiger partial charge in [-0.05, 0) is 12.8 Å². The number of aromatic nitrogens is 2. The van der Waals surface area contributed by atoms with Crippen LogP contribution in [0.2, 0.25) is 0 Å². The number of aliphatic hydroxyl groups excluding tert-OH is 1. The third-order valence-electron chi connectivity index (χ3n) is 3.93. The average molecular weight is 323 g/mol. The molecule has 120 valence electrons. The van der Waals surface area contributed by atoms with E-state index in [1.54, 1.807) is 6.92 Å². The highest BCUT2D eigenvalue weighted by atomic mass is 32.1. The molecule has 0 spiro atoms. The molecule has 0 saturated heterocycles. The highest BCUT2D eigenvalue weighted by Gasteiger charge is 2.19. The number of nitrogens with one attached hydrogen (secondary N) is 1. The number of aliphatic hydroxyl groups is 1. The van der Waals surface area contributed by atoms with E-state index in [0.29, 0.717) is 4.96 Å². The molecule has 2 aromatic rings. The van der Waals surface area contributed by atoms with Gasteiger partial charge in [-0.1, -0.05) is 26.7 Å². The average Bonchev–Trinajstić information content (AvgIpc) is 2.88. The van der Waals surface area contributed by atoms with E-state index in [1.807, 2.05) is 19.2 Å². The van der Waals surface area contributed by atoms with Crippen LogP contribution in [-0.4, -0.2) is 33.0 Å². The molecule has 7 heteroatoms. The minimum atomic E-state index is -0.610. The van der Waals surface area contributed by atoms with Crippen molar-refractivity contribution in [2.24, 2.45) is 5.92 Å². The number of nitrogens with zero attached hydrogens (tertiary/aromatic N) is 2. The molecule has 0 aliphatic rings. The Bertz CT molecular complexity index is 718. The summed E-state index contributed by atoms with van der Waals surface area (Å²) in [4.78, 5) is 29.2. The van der Waals surface area contributed by atoms with Gasteiger partial charge in [-0.3, -0.25) is 14.0 Å². The van der Waals surface area contributed by atoms with Crippen molar-refractivity contribution in [3.8, 4) is 0 Å². The summed E-state index contributed by atoms with van der Waals surface area (Å²) in [5, 5.41) is 14.5. The fourth-order valence-electron chi connectivity index (χ4n) is 2.47. The molecule has 0 fully saturated rings. The minimum absolute atomic E-state index is 0.00394. The van der Waals surface area contributed by atoms with Crippen molar-refractivity contribution in [2.75, 3.05) is 6.54 Å². The molecule has 6 nitrogen and oxygen atoms in total. The lowest BCUT2D eigenvalue weighted by atomic mass is 9.96. The fraction of sp³-hybridized carbons (Fsp3) is 0.533. The highest BCUT2D eigenvalue weighted by molar-refractivity contribution is 7.15. The maximum absolute atomic E-state index is 12.3. The van der Waals surface area contributed by atoms with Gasteiger partial charge in [0.2, 0.25) is 0 Å². The van der Waals surface area contributed by atoms with E-state index in [4.69, 9.17) is 0 Å². The molecule has 1 atom stereocenters. The number of rotatable bonds is 6. The first-order chi connectivity index (χ1) is 10.5. The van der Waals surface area contributed by atoms with Crippen molar-refractivity contribution in [3.05, 3.63) is 33.2 Å². The Balaban J connectivity index is 2.15. The molecule has 0 aromatic carbocycles. The van der Waals surface area contributed by atoms with Gasteiger partial charge in [0.05, 0.1) is 6.10 Å². The predicted octanol–water partition coefficient (Wildman–Crippen LogP) is 1.59. The Labute approximate surface area is 132 Å². The van der Waals surface area contributed by atoms with Gasteiger partial charge in [-0.25, -0.2) is 4.98 Å². The third-order valence-corrected chi connectivity index (χ3v) is 4.88. The van der Waals surface area contributed by atoms with Crippen molar-refractivity contribution >= 4 is 22.2 Å². The molecular formula is C15H21N3O3S. The van der Waals surface area contributed by atoms with Crippen LogP contribution in [0.4, 0.5) is 0 Å². The predicted molar refractivity (Wildman–Crippen MR) is 86.5 cm³/mol. The number of hydrogen-bond donors (Lipinski definition) is 2. The second-order valence-electron chi connectivity index (χ2n) is 5.33. The van der Waals surface area contributed by atoms with Crippen molar-refractivity contribution < 1.29 is 9.90 Å². The monoisotopic (exact) mass is 323 g/mol. The molecule has 0 aliphatic carbocycles. The Kier molecular flexibility index (Phi) is 5.31. The second kappa shape index (κ2) is 7.02. The lowest BCUT2D eigenvalue weighted by Gasteiger charge is -2.20. The second-order valence-corrected chi connectivity index (χ2v) is 6.16. The molecule has 22 heavy (non-hydrogen) atoms. The van der Waals surface area contributed by atoms with E-state index in [9.17, 15) is 14.7 Å². The Morgan fingerprint density at radius 1 is 1.45 bits per heavy atom. The summed E-state index contributed by atoms with van der Waals surface area (Å²) < 4.78 is 1.43. The van der Waals surface area contributed by atoms with E-state index >= 15 is 0 Å². The number of fused-ring (bicyclic) bond motifs is 1. The lowest BCUT2D eigenvalue weighted by Crippen LogP contribution is -2.38. The summed E-state index contributed by atoms with van der Waals surface area (Å²) in [6.45, 7) is 5.94. The zero-order valence-electron chi connectivity index (χ0n) is 13.0. The van der Waals surface area contributed by atoms with E-state index < -0.39 is 12.0 Å². The molecule has 0 radical (unpaired) electrons. The highest BCUT2D eigenvalue weighted by Crippen LogP contribution is 2.13. The van der Waals surface area contributed by atoms with Crippen LogP contribution < -0.4 is 10.9 Å². The first-order valence-electron chi connectivity index (χ1n) is 7.41. The molecule has 2 heterocycles. The fourth-order valence-corrected chi connectivity index (χ4v) is 3.30. The van der Waals surface area contributed by atoms with Crippen LogP contribution in [0.1, 0.15) is 42.7 Å². The van der Waals surface area contributed by atoms with Gasteiger partial charge in [0.25, 0.3) is 11.5 Å². The van der Waals surface area contributed by atoms with Crippen LogP contribution in [0.25, 0.3) is 4.96 Å². The number of amides is 1. The number of thiazole rings is 1. The van der Waals surface area contributed by atoms with Crippen molar-refractivity contribution in [2.45, 2.75) is 39.7 Å². The molecule has 2 rings (SSSR count). The summed E-state index contributed by atoms with van der Waals surface area (Å²) in [7, 11) is 0. The molecule has 2 aromatic heterocycles. The standard InChI is InChI=1S/C15H21N3O3S/c1-4-10(5-2)12(19)7-16-13(20)11-6-17-15-18(14(11)21)9(3)8-22-15/h6,8,10,12,19H,4-5,7H2,1-3H3,(H,16,20). The van der Waals surface area contributed by atoms with Crippen molar-refractivity contribution in [1.29, 1.82) is 0 Å². The smallest absolute Gasteiger partial charge is 0.271 e.